The van der Waals surface area contributed by atoms with Crippen molar-refractivity contribution in [3.05, 3.63) is 24.3 Å². The number of benzene rings is 1. The molecule has 3 aliphatic heterocycles. The molecule has 3 unspecified atom stereocenters. The zero-order valence-electron chi connectivity index (χ0n) is 17.3. The summed E-state index contributed by atoms with van der Waals surface area (Å²) in [4.78, 5) is 17.0. The van der Waals surface area contributed by atoms with Gasteiger partial charge >= 0.3 is 0 Å². The van der Waals surface area contributed by atoms with E-state index < -0.39 is 5.60 Å². The molecule has 2 saturated heterocycles. The van der Waals surface area contributed by atoms with E-state index in [0.29, 0.717) is 18.0 Å². The molecular formula is C23H34N2O3. The minimum atomic E-state index is -0.458. The summed E-state index contributed by atoms with van der Waals surface area (Å²) in [6, 6.07) is 8.80. The van der Waals surface area contributed by atoms with Crippen LogP contribution in [0.5, 0.6) is 5.75 Å². The van der Waals surface area contributed by atoms with Crippen molar-refractivity contribution in [2.24, 2.45) is 5.92 Å². The Morgan fingerprint density at radius 2 is 1.93 bits per heavy atom. The molecule has 4 atom stereocenters. The molecule has 2 bridgehead atoms. The summed E-state index contributed by atoms with van der Waals surface area (Å²) in [5, 5.41) is 11.0. The topological polar surface area (TPSA) is 53.0 Å². The Labute approximate surface area is 168 Å². The number of unbranched alkanes of at least 4 members (excludes halogenated alkanes) is 1. The van der Waals surface area contributed by atoms with Gasteiger partial charge in [0.25, 0.3) is 5.91 Å². The number of piperidine rings is 1. The lowest BCUT2D eigenvalue weighted by Crippen LogP contribution is -2.53. The van der Waals surface area contributed by atoms with Gasteiger partial charge in [-0.2, -0.15) is 0 Å². The Hall–Kier alpha value is -1.59. The number of carbonyl (C=O) groups is 1. The smallest absolute Gasteiger partial charge is 0.265 e. The minimum Gasteiger partial charge on any atom is -0.482 e. The minimum absolute atomic E-state index is 0.0427. The molecule has 5 heteroatoms. The predicted octanol–water partition coefficient (Wildman–Crippen LogP) is 3.60. The van der Waals surface area contributed by atoms with Crippen LogP contribution in [0.3, 0.4) is 0 Å². The lowest BCUT2D eigenvalue weighted by molar-refractivity contribution is -0.121. The van der Waals surface area contributed by atoms with Gasteiger partial charge in [0.2, 0.25) is 0 Å². The Bertz CT molecular complexity index is 693. The first-order valence-corrected chi connectivity index (χ1v) is 11.0. The van der Waals surface area contributed by atoms with E-state index in [0.717, 1.165) is 56.6 Å². The number of nitrogens with zero attached hydrogens (tertiary/aromatic N) is 2. The molecule has 0 spiro atoms. The molecule has 0 saturated carbocycles. The summed E-state index contributed by atoms with van der Waals surface area (Å²) < 4.78 is 5.57. The van der Waals surface area contributed by atoms with Crippen molar-refractivity contribution in [3.8, 4) is 5.75 Å². The number of aliphatic hydroxyl groups is 1. The second-order valence-corrected chi connectivity index (χ2v) is 9.18. The number of amides is 1. The fraction of sp³-hybridized carbons (Fsp3) is 0.696. The van der Waals surface area contributed by atoms with E-state index in [1.165, 1.54) is 12.8 Å². The molecule has 0 aromatic heterocycles. The number of rotatable bonds is 7. The van der Waals surface area contributed by atoms with Crippen LogP contribution in [0, 0.1) is 5.92 Å². The molecule has 0 radical (unpaired) electrons. The highest BCUT2D eigenvalue weighted by Crippen LogP contribution is 2.43. The maximum atomic E-state index is 12.5. The molecule has 1 amide bonds. The van der Waals surface area contributed by atoms with E-state index in [4.69, 9.17) is 4.74 Å². The van der Waals surface area contributed by atoms with Crippen LogP contribution in [-0.2, 0) is 4.79 Å². The average molecular weight is 387 g/mol. The lowest BCUT2D eigenvalue weighted by atomic mass is 9.82. The van der Waals surface area contributed by atoms with Crippen LogP contribution in [0.25, 0.3) is 0 Å². The van der Waals surface area contributed by atoms with Gasteiger partial charge < -0.3 is 14.7 Å². The standard InChI is InChI=1S/C23H34N2O3/c1-3-4-11-23(27)12-18-9-10-19(13-23)24(18)14-17(2)15-25-20-7-5-6-8-21(20)28-16-22(25)26/h5-8,17-19,27H,3-4,9-16H2,1-2H3/t17?,18-,19?,23?/m1/s1. The van der Waals surface area contributed by atoms with Gasteiger partial charge in [0.1, 0.15) is 5.75 Å². The van der Waals surface area contributed by atoms with Crippen LogP contribution in [-0.4, -0.2) is 53.3 Å². The first kappa shape index (κ1) is 19.7. The maximum absolute atomic E-state index is 12.5. The molecule has 1 aromatic rings. The van der Waals surface area contributed by atoms with Crippen LogP contribution in [0.4, 0.5) is 5.69 Å². The molecule has 0 aliphatic carbocycles. The SMILES string of the molecule is CCCCC1(O)CC2CC[C@H](C1)N2CC(C)CN1C(=O)COc2ccccc21. The fourth-order valence-corrected chi connectivity index (χ4v) is 5.51. The molecule has 3 heterocycles. The summed E-state index contributed by atoms with van der Waals surface area (Å²) >= 11 is 0. The van der Waals surface area contributed by atoms with Crippen molar-refractivity contribution in [1.29, 1.82) is 0 Å². The number of carbonyl (C=O) groups excluding carboxylic acids is 1. The first-order chi connectivity index (χ1) is 13.5. The number of para-hydroxylation sites is 2. The Morgan fingerprint density at radius 1 is 1.21 bits per heavy atom. The quantitative estimate of drug-likeness (QED) is 0.778. The van der Waals surface area contributed by atoms with Crippen molar-refractivity contribution in [3.63, 3.8) is 0 Å². The molecule has 154 valence electrons. The van der Waals surface area contributed by atoms with E-state index >= 15 is 0 Å². The Balaban J connectivity index is 1.39. The second-order valence-electron chi connectivity index (χ2n) is 9.18. The molecule has 3 aliphatic rings. The normalized spacial score (nSPS) is 30.8. The van der Waals surface area contributed by atoms with Crippen molar-refractivity contribution in [2.45, 2.75) is 76.5 Å². The van der Waals surface area contributed by atoms with Gasteiger partial charge in [-0.3, -0.25) is 9.69 Å². The van der Waals surface area contributed by atoms with Crippen LogP contribution < -0.4 is 9.64 Å². The summed E-state index contributed by atoms with van der Waals surface area (Å²) in [5.41, 5.74) is 0.432. The highest BCUT2D eigenvalue weighted by Gasteiger charge is 2.47. The Morgan fingerprint density at radius 3 is 2.64 bits per heavy atom. The van der Waals surface area contributed by atoms with Crippen LogP contribution in [0.1, 0.15) is 58.8 Å². The van der Waals surface area contributed by atoms with E-state index in [2.05, 4.69) is 18.7 Å². The third-order valence-corrected chi connectivity index (χ3v) is 6.82. The van der Waals surface area contributed by atoms with E-state index in [-0.39, 0.29) is 12.5 Å². The van der Waals surface area contributed by atoms with Crippen molar-refractivity contribution in [2.75, 3.05) is 24.6 Å². The molecule has 1 N–H and O–H groups in total. The van der Waals surface area contributed by atoms with E-state index in [9.17, 15) is 9.90 Å². The second kappa shape index (κ2) is 8.03. The van der Waals surface area contributed by atoms with Gasteiger partial charge in [0.05, 0.1) is 11.3 Å². The lowest BCUT2D eigenvalue weighted by Gasteiger charge is -2.45. The summed E-state index contributed by atoms with van der Waals surface area (Å²) in [6.07, 6.45) is 7.43. The average Bonchev–Trinajstić information content (AvgIpc) is 2.93. The van der Waals surface area contributed by atoms with Crippen molar-refractivity contribution >= 4 is 11.6 Å². The highest BCUT2D eigenvalue weighted by molar-refractivity contribution is 5.97. The number of anilines is 1. The van der Waals surface area contributed by atoms with Gasteiger partial charge in [-0.15, -0.1) is 0 Å². The highest BCUT2D eigenvalue weighted by atomic mass is 16.5. The molecule has 4 rings (SSSR count). The third-order valence-electron chi connectivity index (χ3n) is 6.82. The molecular weight excluding hydrogens is 352 g/mol. The van der Waals surface area contributed by atoms with Crippen molar-refractivity contribution in [1.82, 2.24) is 4.90 Å². The molecule has 28 heavy (non-hydrogen) atoms. The summed E-state index contributed by atoms with van der Waals surface area (Å²) in [5.74, 6) is 1.22. The van der Waals surface area contributed by atoms with Gasteiger partial charge in [0, 0.05) is 25.2 Å². The van der Waals surface area contributed by atoms with Crippen molar-refractivity contribution < 1.29 is 14.6 Å². The third kappa shape index (κ3) is 3.92. The summed E-state index contributed by atoms with van der Waals surface area (Å²) in [6.45, 7) is 6.27. The maximum Gasteiger partial charge on any atom is 0.265 e. The molecule has 1 aromatic carbocycles. The largest absolute Gasteiger partial charge is 0.482 e. The molecule has 2 fully saturated rings. The first-order valence-electron chi connectivity index (χ1n) is 11.0. The number of hydrogen-bond donors (Lipinski definition) is 1. The van der Waals surface area contributed by atoms with E-state index in [1.807, 2.05) is 29.2 Å². The van der Waals surface area contributed by atoms with Gasteiger partial charge in [0.15, 0.2) is 6.61 Å². The van der Waals surface area contributed by atoms with Gasteiger partial charge in [-0.05, 0) is 50.2 Å². The number of ether oxygens (including phenoxy) is 1. The van der Waals surface area contributed by atoms with E-state index in [1.54, 1.807) is 0 Å². The van der Waals surface area contributed by atoms with Crippen LogP contribution >= 0.6 is 0 Å². The van der Waals surface area contributed by atoms with Crippen LogP contribution in [0.2, 0.25) is 0 Å². The van der Waals surface area contributed by atoms with Gasteiger partial charge in [-0.25, -0.2) is 0 Å². The summed E-state index contributed by atoms with van der Waals surface area (Å²) in [7, 11) is 0. The van der Waals surface area contributed by atoms with Crippen LogP contribution in [0.15, 0.2) is 24.3 Å². The number of fused-ring (bicyclic) bond motifs is 3. The number of hydrogen-bond acceptors (Lipinski definition) is 4. The fourth-order valence-electron chi connectivity index (χ4n) is 5.51. The molecule has 5 nitrogen and oxygen atoms in total. The Kier molecular flexibility index (Phi) is 5.66. The monoisotopic (exact) mass is 386 g/mol. The zero-order valence-corrected chi connectivity index (χ0v) is 17.3. The van der Waals surface area contributed by atoms with Gasteiger partial charge in [-0.1, -0.05) is 38.8 Å². The zero-order chi connectivity index (χ0) is 19.7. The predicted molar refractivity (Wildman–Crippen MR) is 111 cm³/mol.